The van der Waals surface area contributed by atoms with Crippen LogP contribution in [0, 0.1) is 0 Å². The molecule has 2 aromatic heterocycles. The Balaban J connectivity index is 1.23. The highest BCUT2D eigenvalue weighted by molar-refractivity contribution is 7.25. The van der Waals surface area contributed by atoms with Crippen molar-refractivity contribution < 1.29 is 4.42 Å². The van der Waals surface area contributed by atoms with E-state index in [0.717, 1.165) is 55.3 Å². The number of oxazole rings is 1. The molecule has 0 aliphatic heterocycles. The average molecular weight is 645 g/mol. The summed E-state index contributed by atoms with van der Waals surface area (Å²) in [5.41, 5.74) is 8.32. The van der Waals surface area contributed by atoms with Gasteiger partial charge in [-0.1, -0.05) is 109 Å². The third-order valence-electron chi connectivity index (χ3n) is 9.47. The van der Waals surface area contributed by atoms with Crippen molar-refractivity contribution in [1.29, 1.82) is 0 Å². The fourth-order valence-electron chi connectivity index (χ4n) is 7.25. The van der Waals surface area contributed by atoms with Gasteiger partial charge in [-0.25, -0.2) is 4.98 Å². The van der Waals surface area contributed by atoms with Crippen molar-refractivity contribution >= 4 is 81.2 Å². The van der Waals surface area contributed by atoms with Gasteiger partial charge in [0.1, 0.15) is 5.52 Å². The standard InChI is InChI=1S/C45H28N2OS/c1-3-12-31(13-4-1)45-46-38-27-25-30-23-22-29-24-26-33(28-37(29)42(30)44(38)48-45)47(32-14-5-2-6-15-32)39-19-9-7-16-34(39)35-18-11-21-41-43(35)36-17-8-10-20-40(36)49-41/h1-28H. The first kappa shape index (κ1) is 27.8. The molecule has 0 N–H and O–H groups in total. The highest BCUT2D eigenvalue weighted by Gasteiger charge is 2.21. The van der Waals surface area contributed by atoms with Gasteiger partial charge >= 0.3 is 0 Å². The van der Waals surface area contributed by atoms with Crippen LogP contribution >= 0.6 is 11.3 Å². The zero-order chi connectivity index (χ0) is 32.3. The fourth-order valence-corrected chi connectivity index (χ4v) is 8.38. The summed E-state index contributed by atoms with van der Waals surface area (Å²) in [4.78, 5) is 7.29. The number of para-hydroxylation sites is 2. The molecule has 230 valence electrons. The van der Waals surface area contributed by atoms with Gasteiger partial charge in [0.2, 0.25) is 5.89 Å². The minimum absolute atomic E-state index is 0.631. The maximum absolute atomic E-state index is 6.57. The van der Waals surface area contributed by atoms with E-state index in [0.29, 0.717) is 5.89 Å². The molecule has 49 heavy (non-hydrogen) atoms. The Bertz CT molecular complexity index is 2840. The zero-order valence-corrected chi connectivity index (χ0v) is 27.2. The van der Waals surface area contributed by atoms with E-state index in [2.05, 4.69) is 144 Å². The molecule has 3 nitrogen and oxygen atoms in total. The Kier molecular flexibility index (Phi) is 6.36. The average Bonchev–Trinajstić information content (AvgIpc) is 3.78. The quantitative estimate of drug-likeness (QED) is 0.175. The number of aromatic nitrogens is 1. The number of hydrogen-bond donors (Lipinski definition) is 0. The molecule has 0 atom stereocenters. The summed E-state index contributed by atoms with van der Waals surface area (Å²) >= 11 is 1.85. The van der Waals surface area contributed by atoms with Crippen molar-refractivity contribution in [1.82, 2.24) is 4.98 Å². The lowest BCUT2D eigenvalue weighted by Gasteiger charge is -2.28. The number of fused-ring (bicyclic) bond motifs is 8. The summed E-state index contributed by atoms with van der Waals surface area (Å²) in [5, 5.41) is 7.06. The third kappa shape index (κ3) is 4.53. The van der Waals surface area contributed by atoms with Gasteiger partial charge in [-0.05, 0) is 82.4 Å². The Morgan fingerprint density at radius 2 is 1.18 bits per heavy atom. The fraction of sp³-hybridized carbons (Fsp3) is 0. The Morgan fingerprint density at radius 3 is 2.08 bits per heavy atom. The minimum Gasteiger partial charge on any atom is -0.435 e. The van der Waals surface area contributed by atoms with Gasteiger partial charge in [0.15, 0.2) is 5.58 Å². The second-order valence-electron chi connectivity index (χ2n) is 12.3. The van der Waals surface area contributed by atoms with Crippen LogP contribution in [0.1, 0.15) is 0 Å². The molecule has 0 aliphatic carbocycles. The van der Waals surface area contributed by atoms with Crippen molar-refractivity contribution in [3.8, 4) is 22.6 Å². The molecular weight excluding hydrogens is 617 g/mol. The SMILES string of the molecule is c1ccc(-c2nc3ccc4ccc5ccc(N(c6ccccc6)c6ccccc6-c6cccc7sc8ccccc8c67)cc5c4c3o2)cc1. The largest absolute Gasteiger partial charge is 0.435 e. The Hall–Kier alpha value is -6.23. The van der Waals surface area contributed by atoms with Crippen LogP contribution in [0.15, 0.2) is 174 Å². The number of hydrogen-bond acceptors (Lipinski definition) is 4. The molecule has 0 saturated heterocycles. The molecule has 0 spiro atoms. The molecule has 0 unspecified atom stereocenters. The van der Waals surface area contributed by atoms with E-state index < -0.39 is 0 Å². The van der Waals surface area contributed by atoms with Gasteiger partial charge in [-0.15, -0.1) is 11.3 Å². The van der Waals surface area contributed by atoms with Crippen molar-refractivity contribution in [2.24, 2.45) is 0 Å². The first-order chi connectivity index (χ1) is 24.3. The minimum atomic E-state index is 0.631. The molecule has 0 saturated carbocycles. The van der Waals surface area contributed by atoms with Crippen LogP contribution in [0.2, 0.25) is 0 Å². The maximum atomic E-state index is 6.57. The van der Waals surface area contributed by atoms with Gasteiger partial charge in [-0.3, -0.25) is 0 Å². The summed E-state index contributed by atoms with van der Waals surface area (Å²) in [7, 11) is 0. The second kappa shape index (κ2) is 11.2. The topological polar surface area (TPSA) is 29.3 Å². The summed E-state index contributed by atoms with van der Waals surface area (Å²) in [6, 6.07) is 60.3. The first-order valence-corrected chi connectivity index (χ1v) is 17.3. The molecule has 10 aromatic rings. The lowest BCUT2D eigenvalue weighted by Crippen LogP contribution is -2.11. The Morgan fingerprint density at radius 1 is 0.490 bits per heavy atom. The van der Waals surface area contributed by atoms with Crippen LogP contribution in [-0.4, -0.2) is 4.98 Å². The summed E-state index contributed by atoms with van der Waals surface area (Å²) < 4.78 is 9.16. The van der Waals surface area contributed by atoms with Crippen molar-refractivity contribution in [3.05, 3.63) is 170 Å². The number of rotatable bonds is 5. The summed E-state index contributed by atoms with van der Waals surface area (Å²) in [6.07, 6.45) is 0. The molecule has 0 bridgehead atoms. The lowest BCUT2D eigenvalue weighted by molar-refractivity contribution is 0.623. The molecule has 0 aliphatic rings. The number of benzene rings is 8. The Labute approximate surface area is 286 Å². The molecule has 4 heteroatoms. The highest BCUT2D eigenvalue weighted by atomic mass is 32.1. The normalized spacial score (nSPS) is 11.7. The number of anilines is 3. The first-order valence-electron chi connectivity index (χ1n) is 16.5. The van der Waals surface area contributed by atoms with Crippen LogP contribution in [-0.2, 0) is 0 Å². The summed E-state index contributed by atoms with van der Waals surface area (Å²) in [5.74, 6) is 0.631. The lowest BCUT2D eigenvalue weighted by atomic mass is 9.96. The molecule has 0 radical (unpaired) electrons. The number of thiophene rings is 1. The number of nitrogens with zero attached hydrogens (tertiary/aromatic N) is 2. The van der Waals surface area contributed by atoms with Crippen LogP contribution in [0.3, 0.4) is 0 Å². The predicted molar refractivity (Wildman–Crippen MR) is 207 cm³/mol. The van der Waals surface area contributed by atoms with Gasteiger partial charge in [-0.2, -0.15) is 0 Å². The van der Waals surface area contributed by atoms with Gasteiger partial charge in [0, 0.05) is 48.1 Å². The van der Waals surface area contributed by atoms with E-state index >= 15 is 0 Å². The molecular formula is C45H28N2OS. The van der Waals surface area contributed by atoms with Gasteiger partial charge in [0.25, 0.3) is 0 Å². The predicted octanol–water partition coefficient (Wildman–Crippen LogP) is 13.3. The van der Waals surface area contributed by atoms with Gasteiger partial charge < -0.3 is 9.32 Å². The maximum Gasteiger partial charge on any atom is 0.227 e. The van der Waals surface area contributed by atoms with E-state index in [1.165, 1.54) is 31.3 Å². The van der Waals surface area contributed by atoms with E-state index in [4.69, 9.17) is 9.40 Å². The van der Waals surface area contributed by atoms with Gasteiger partial charge in [0.05, 0.1) is 5.69 Å². The van der Waals surface area contributed by atoms with E-state index in [1.807, 2.05) is 41.7 Å². The highest BCUT2D eigenvalue weighted by Crippen LogP contribution is 2.46. The van der Waals surface area contributed by atoms with E-state index in [1.54, 1.807) is 0 Å². The molecule has 0 amide bonds. The zero-order valence-electron chi connectivity index (χ0n) is 26.4. The van der Waals surface area contributed by atoms with Crippen LogP contribution in [0.4, 0.5) is 17.1 Å². The van der Waals surface area contributed by atoms with Crippen molar-refractivity contribution in [3.63, 3.8) is 0 Å². The van der Waals surface area contributed by atoms with Crippen molar-refractivity contribution in [2.75, 3.05) is 4.90 Å². The van der Waals surface area contributed by atoms with Crippen LogP contribution < -0.4 is 4.90 Å². The van der Waals surface area contributed by atoms with Crippen LogP contribution in [0.25, 0.3) is 75.4 Å². The van der Waals surface area contributed by atoms with Crippen LogP contribution in [0.5, 0.6) is 0 Å². The van der Waals surface area contributed by atoms with E-state index in [9.17, 15) is 0 Å². The van der Waals surface area contributed by atoms with Crippen molar-refractivity contribution in [2.45, 2.75) is 0 Å². The second-order valence-corrected chi connectivity index (χ2v) is 13.4. The molecule has 0 fully saturated rings. The smallest absolute Gasteiger partial charge is 0.227 e. The monoisotopic (exact) mass is 644 g/mol. The van der Waals surface area contributed by atoms with E-state index in [-0.39, 0.29) is 0 Å². The summed E-state index contributed by atoms with van der Waals surface area (Å²) in [6.45, 7) is 0. The molecule has 10 rings (SSSR count). The molecule has 2 heterocycles. The molecule has 8 aromatic carbocycles. The third-order valence-corrected chi connectivity index (χ3v) is 10.6.